The van der Waals surface area contributed by atoms with Crippen LogP contribution >= 0.6 is 0 Å². The summed E-state index contributed by atoms with van der Waals surface area (Å²) in [6.07, 6.45) is 29.9. The highest BCUT2D eigenvalue weighted by Gasteiger charge is 2.02. The first-order valence-electron chi connectivity index (χ1n) is 16.7. The number of rotatable bonds is 33. The summed E-state index contributed by atoms with van der Waals surface area (Å²) in [5.41, 5.74) is 0. The molecule has 0 saturated carbocycles. The molecule has 0 N–H and O–H groups in total. The van der Waals surface area contributed by atoms with Crippen molar-refractivity contribution in [2.24, 2.45) is 0 Å². The van der Waals surface area contributed by atoms with Gasteiger partial charge in [0, 0.05) is 13.0 Å². The molecule has 0 aliphatic rings. The lowest BCUT2D eigenvalue weighted by atomic mass is 10.0. The van der Waals surface area contributed by atoms with Crippen molar-refractivity contribution >= 4 is 5.97 Å². The molecule has 0 atom stereocenters. The molecule has 0 fully saturated rings. The fourth-order valence-electron chi connectivity index (χ4n) is 4.63. The number of hydrogen-bond donors (Lipinski definition) is 0. The van der Waals surface area contributed by atoms with Gasteiger partial charge in [-0.25, -0.2) is 0 Å². The largest absolute Gasteiger partial charge is 0.463 e. The van der Waals surface area contributed by atoms with Crippen molar-refractivity contribution in [2.75, 3.05) is 46.2 Å². The average molecular weight is 543 g/mol. The van der Waals surface area contributed by atoms with Gasteiger partial charge in [-0.15, -0.1) is 0 Å². The van der Waals surface area contributed by atoms with Gasteiger partial charge in [-0.2, -0.15) is 0 Å². The maximum Gasteiger partial charge on any atom is 0.305 e. The van der Waals surface area contributed by atoms with Crippen molar-refractivity contribution in [3.8, 4) is 0 Å². The van der Waals surface area contributed by atoms with Crippen LogP contribution in [0.3, 0.4) is 0 Å². The van der Waals surface area contributed by atoms with Crippen LogP contribution < -0.4 is 0 Å². The lowest BCUT2D eigenvalue weighted by molar-refractivity contribution is -0.145. The minimum absolute atomic E-state index is 0.109. The van der Waals surface area contributed by atoms with Crippen LogP contribution in [0, 0.1) is 0 Å². The van der Waals surface area contributed by atoms with Crippen molar-refractivity contribution in [3.05, 3.63) is 0 Å². The van der Waals surface area contributed by atoms with Gasteiger partial charge in [-0.1, -0.05) is 142 Å². The monoisotopic (exact) mass is 542 g/mol. The van der Waals surface area contributed by atoms with Crippen LogP contribution in [0.4, 0.5) is 0 Å². The number of unbranched alkanes of at least 4 members (excludes halogenated alkanes) is 20. The third-order valence-electron chi connectivity index (χ3n) is 7.11. The summed E-state index contributed by atoms with van der Waals surface area (Å²) >= 11 is 0. The predicted molar refractivity (Wildman–Crippen MR) is 161 cm³/mol. The summed E-state index contributed by atoms with van der Waals surface area (Å²) < 4.78 is 21.8. The number of carbonyl (C=O) groups excluding carboxylic acids is 1. The van der Waals surface area contributed by atoms with Gasteiger partial charge in [0.1, 0.15) is 6.61 Å². The summed E-state index contributed by atoms with van der Waals surface area (Å²) in [6.45, 7) is 8.42. The predicted octanol–water partition coefficient (Wildman–Crippen LogP) is 9.59. The Balaban J connectivity index is 3.09. The van der Waals surface area contributed by atoms with E-state index in [4.69, 9.17) is 18.9 Å². The quantitative estimate of drug-likeness (QED) is 0.0610. The molecule has 0 aliphatic carbocycles. The van der Waals surface area contributed by atoms with Crippen LogP contribution in [0.15, 0.2) is 0 Å². The second kappa shape index (κ2) is 34.4. The van der Waals surface area contributed by atoms with E-state index >= 15 is 0 Å². The van der Waals surface area contributed by atoms with Crippen molar-refractivity contribution in [3.63, 3.8) is 0 Å². The third kappa shape index (κ3) is 33.4. The van der Waals surface area contributed by atoms with Crippen LogP contribution in [-0.4, -0.2) is 52.2 Å². The topological polar surface area (TPSA) is 54.0 Å². The Labute approximate surface area is 237 Å². The smallest absolute Gasteiger partial charge is 0.305 e. The summed E-state index contributed by atoms with van der Waals surface area (Å²) in [5, 5.41) is 0. The SMILES string of the molecule is CCCCCCCCCCCCCCCCCCOCCOCCOCCOC(=O)CCCCCCCC. The number of esters is 1. The molecule has 0 aromatic rings. The minimum atomic E-state index is -0.109. The maximum absolute atomic E-state index is 11.7. The van der Waals surface area contributed by atoms with Crippen molar-refractivity contribution in [2.45, 2.75) is 162 Å². The zero-order valence-corrected chi connectivity index (χ0v) is 25.8. The number of carbonyl (C=O) groups is 1. The molecule has 0 heterocycles. The fraction of sp³-hybridized carbons (Fsp3) is 0.970. The third-order valence-corrected chi connectivity index (χ3v) is 7.11. The molecule has 228 valence electrons. The van der Waals surface area contributed by atoms with Crippen molar-refractivity contribution in [1.29, 1.82) is 0 Å². The molecule has 0 rings (SSSR count). The van der Waals surface area contributed by atoms with E-state index in [9.17, 15) is 4.79 Å². The van der Waals surface area contributed by atoms with Crippen LogP contribution in [0.2, 0.25) is 0 Å². The van der Waals surface area contributed by atoms with Gasteiger partial charge in [-0.05, 0) is 12.8 Å². The first kappa shape index (κ1) is 37.4. The van der Waals surface area contributed by atoms with Crippen LogP contribution in [0.1, 0.15) is 162 Å². The molecule has 0 radical (unpaired) electrons. The molecular formula is C33H66O5. The zero-order valence-electron chi connectivity index (χ0n) is 25.8. The van der Waals surface area contributed by atoms with Crippen LogP contribution in [0.25, 0.3) is 0 Å². The minimum Gasteiger partial charge on any atom is -0.463 e. The van der Waals surface area contributed by atoms with E-state index < -0.39 is 0 Å². The van der Waals surface area contributed by atoms with E-state index in [1.165, 1.54) is 122 Å². The van der Waals surface area contributed by atoms with Crippen molar-refractivity contribution < 1.29 is 23.7 Å². The fourth-order valence-corrected chi connectivity index (χ4v) is 4.63. The Hall–Kier alpha value is -0.650. The molecule has 5 heteroatoms. The molecule has 0 amide bonds. The Morgan fingerprint density at radius 2 is 0.684 bits per heavy atom. The lowest BCUT2D eigenvalue weighted by Gasteiger charge is -2.08. The second-order valence-electron chi connectivity index (χ2n) is 10.9. The molecule has 0 aromatic heterocycles. The lowest BCUT2D eigenvalue weighted by Crippen LogP contribution is -2.14. The van der Waals surface area contributed by atoms with Gasteiger partial charge >= 0.3 is 5.97 Å². The van der Waals surface area contributed by atoms with E-state index in [2.05, 4.69) is 13.8 Å². The maximum atomic E-state index is 11.7. The highest BCUT2D eigenvalue weighted by molar-refractivity contribution is 5.69. The van der Waals surface area contributed by atoms with Crippen LogP contribution in [-0.2, 0) is 23.7 Å². The first-order valence-corrected chi connectivity index (χ1v) is 16.7. The summed E-state index contributed by atoms with van der Waals surface area (Å²) in [4.78, 5) is 11.7. The van der Waals surface area contributed by atoms with Gasteiger partial charge in [-0.3, -0.25) is 4.79 Å². The molecular weight excluding hydrogens is 476 g/mol. The molecule has 0 bridgehead atoms. The van der Waals surface area contributed by atoms with E-state index in [1.807, 2.05) is 0 Å². The number of hydrogen-bond acceptors (Lipinski definition) is 5. The Bertz CT molecular complexity index is 443. The Morgan fingerprint density at radius 3 is 1.11 bits per heavy atom. The van der Waals surface area contributed by atoms with Gasteiger partial charge < -0.3 is 18.9 Å². The number of ether oxygens (including phenoxy) is 4. The average Bonchev–Trinajstić information content (AvgIpc) is 2.92. The summed E-state index contributed by atoms with van der Waals surface area (Å²) in [7, 11) is 0. The molecule has 0 spiro atoms. The standard InChI is InChI=1S/C33H66O5/c1-3-5-7-9-11-12-13-14-15-16-17-18-19-20-22-24-26-35-27-28-36-29-30-37-31-32-38-33(34)25-23-21-10-8-6-4-2/h3-32H2,1-2H3. The van der Waals surface area contributed by atoms with E-state index in [0.29, 0.717) is 46.1 Å². The summed E-state index contributed by atoms with van der Waals surface area (Å²) in [5.74, 6) is -0.109. The molecule has 0 aromatic carbocycles. The molecule has 0 saturated heterocycles. The highest BCUT2D eigenvalue weighted by Crippen LogP contribution is 2.13. The molecule has 0 aliphatic heterocycles. The van der Waals surface area contributed by atoms with Gasteiger partial charge in [0.2, 0.25) is 0 Å². The highest BCUT2D eigenvalue weighted by atomic mass is 16.6. The van der Waals surface area contributed by atoms with Gasteiger partial charge in [0.05, 0.1) is 33.0 Å². The van der Waals surface area contributed by atoms with E-state index in [1.54, 1.807) is 0 Å². The summed E-state index contributed by atoms with van der Waals surface area (Å²) in [6, 6.07) is 0. The molecule has 38 heavy (non-hydrogen) atoms. The Morgan fingerprint density at radius 1 is 0.368 bits per heavy atom. The van der Waals surface area contributed by atoms with Gasteiger partial charge in [0.25, 0.3) is 0 Å². The zero-order chi connectivity index (χ0) is 27.6. The molecule has 0 unspecified atom stereocenters. The van der Waals surface area contributed by atoms with E-state index in [0.717, 1.165) is 25.9 Å². The first-order chi connectivity index (χ1) is 18.8. The second-order valence-corrected chi connectivity index (χ2v) is 10.9. The Kier molecular flexibility index (Phi) is 33.8. The van der Waals surface area contributed by atoms with E-state index in [-0.39, 0.29) is 5.97 Å². The normalized spacial score (nSPS) is 11.3. The van der Waals surface area contributed by atoms with Crippen molar-refractivity contribution in [1.82, 2.24) is 0 Å². The van der Waals surface area contributed by atoms with Crippen LogP contribution in [0.5, 0.6) is 0 Å². The van der Waals surface area contributed by atoms with Gasteiger partial charge in [0.15, 0.2) is 0 Å². The molecule has 5 nitrogen and oxygen atoms in total.